The predicted molar refractivity (Wildman–Crippen MR) is 111 cm³/mol. The van der Waals surface area contributed by atoms with Crippen molar-refractivity contribution in [2.75, 3.05) is 32.6 Å². The molecule has 8 heteroatoms. The highest BCUT2D eigenvalue weighted by Crippen LogP contribution is 2.22. The van der Waals surface area contributed by atoms with E-state index < -0.39 is 10.2 Å². The number of anilines is 1. The normalized spacial score (nSPS) is 12.5. The fraction of sp³-hybridized carbons (Fsp3) is 0.350. The molecule has 1 unspecified atom stereocenters. The van der Waals surface area contributed by atoms with Crippen molar-refractivity contribution in [2.24, 2.45) is 0 Å². The van der Waals surface area contributed by atoms with Crippen LogP contribution in [0, 0.1) is 0 Å². The van der Waals surface area contributed by atoms with Gasteiger partial charge in [-0.3, -0.25) is 9.10 Å². The number of rotatable bonds is 8. The van der Waals surface area contributed by atoms with Crippen LogP contribution >= 0.6 is 0 Å². The summed E-state index contributed by atoms with van der Waals surface area (Å²) in [6.45, 7) is 2.00. The molecule has 0 heterocycles. The van der Waals surface area contributed by atoms with Gasteiger partial charge in [-0.2, -0.15) is 12.7 Å². The first-order chi connectivity index (χ1) is 13.2. The van der Waals surface area contributed by atoms with Gasteiger partial charge in [0.1, 0.15) is 5.75 Å². The van der Waals surface area contributed by atoms with Crippen LogP contribution in [0.3, 0.4) is 0 Å². The van der Waals surface area contributed by atoms with Gasteiger partial charge in [-0.1, -0.05) is 19.1 Å². The lowest BCUT2D eigenvalue weighted by Crippen LogP contribution is -2.37. The van der Waals surface area contributed by atoms with E-state index >= 15 is 0 Å². The third kappa shape index (κ3) is 4.82. The molecule has 2 rings (SSSR count). The van der Waals surface area contributed by atoms with Crippen molar-refractivity contribution in [1.82, 2.24) is 9.62 Å². The maximum Gasteiger partial charge on any atom is 0.303 e. The van der Waals surface area contributed by atoms with Crippen LogP contribution in [0.1, 0.15) is 35.3 Å². The molecular formula is C20H27N3O4S. The van der Waals surface area contributed by atoms with E-state index in [0.29, 0.717) is 11.3 Å². The average Bonchev–Trinajstić information content (AvgIpc) is 2.71. The minimum Gasteiger partial charge on any atom is -0.497 e. The van der Waals surface area contributed by atoms with Crippen LogP contribution < -0.4 is 14.4 Å². The van der Waals surface area contributed by atoms with Crippen molar-refractivity contribution in [3.8, 4) is 5.75 Å². The monoisotopic (exact) mass is 405 g/mol. The molecule has 0 aliphatic rings. The summed E-state index contributed by atoms with van der Waals surface area (Å²) in [5.41, 5.74) is 1.93. The van der Waals surface area contributed by atoms with Crippen molar-refractivity contribution in [2.45, 2.75) is 19.4 Å². The number of methoxy groups -OCH3 is 1. The molecule has 0 aliphatic heterocycles. The molecule has 0 radical (unpaired) electrons. The summed E-state index contributed by atoms with van der Waals surface area (Å²) in [6.07, 6.45) is 0.736. The van der Waals surface area contributed by atoms with Gasteiger partial charge in [-0.25, -0.2) is 0 Å². The fourth-order valence-electron chi connectivity index (χ4n) is 2.70. The van der Waals surface area contributed by atoms with E-state index in [-0.39, 0.29) is 11.9 Å². The number of ether oxygens (including phenoxy) is 1. The van der Waals surface area contributed by atoms with Crippen LogP contribution in [0.25, 0.3) is 0 Å². The van der Waals surface area contributed by atoms with Gasteiger partial charge < -0.3 is 10.1 Å². The maximum atomic E-state index is 12.6. The number of carbonyl (C=O) groups is 1. The van der Waals surface area contributed by atoms with Crippen LogP contribution in [0.15, 0.2) is 48.5 Å². The van der Waals surface area contributed by atoms with E-state index in [4.69, 9.17) is 4.74 Å². The number of benzene rings is 2. The molecule has 28 heavy (non-hydrogen) atoms. The van der Waals surface area contributed by atoms with Gasteiger partial charge in [0.05, 0.1) is 18.8 Å². The van der Waals surface area contributed by atoms with Crippen molar-refractivity contribution >= 4 is 21.8 Å². The first-order valence-electron chi connectivity index (χ1n) is 8.92. The lowest BCUT2D eigenvalue weighted by atomic mass is 10.0. The predicted octanol–water partition coefficient (Wildman–Crippen LogP) is 2.82. The molecule has 0 aliphatic carbocycles. The molecule has 0 saturated heterocycles. The zero-order valence-electron chi connectivity index (χ0n) is 16.8. The zero-order chi connectivity index (χ0) is 20.9. The van der Waals surface area contributed by atoms with Gasteiger partial charge >= 0.3 is 10.2 Å². The van der Waals surface area contributed by atoms with E-state index in [2.05, 4.69) is 5.32 Å². The number of nitrogens with zero attached hydrogens (tertiary/aromatic N) is 2. The molecule has 1 amide bonds. The topological polar surface area (TPSA) is 79.0 Å². The molecule has 0 bridgehead atoms. The summed E-state index contributed by atoms with van der Waals surface area (Å²) in [5.74, 6) is 0.546. The fourth-order valence-corrected chi connectivity index (χ4v) is 3.58. The van der Waals surface area contributed by atoms with Crippen LogP contribution in [0.4, 0.5) is 5.69 Å². The number of amides is 1. The van der Waals surface area contributed by atoms with Crippen molar-refractivity contribution in [3.63, 3.8) is 0 Å². The first-order valence-corrected chi connectivity index (χ1v) is 10.3. The second-order valence-electron chi connectivity index (χ2n) is 6.51. The van der Waals surface area contributed by atoms with Gasteiger partial charge in [-0.15, -0.1) is 0 Å². The van der Waals surface area contributed by atoms with Crippen LogP contribution in [0.2, 0.25) is 0 Å². The minimum atomic E-state index is -3.57. The maximum absolute atomic E-state index is 12.6. The smallest absolute Gasteiger partial charge is 0.303 e. The molecule has 0 aromatic heterocycles. The Hall–Kier alpha value is -2.58. The van der Waals surface area contributed by atoms with Crippen LogP contribution in [-0.2, 0) is 10.2 Å². The number of nitrogens with one attached hydrogen (secondary N) is 1. The lowest BCUT2D eigenvalue weighted by Gasteiger charge is -2.23. The van der Waals surface area contributed by atoms with E-state index in [1.165, 1.54) is 25.4 Å². The Labute approximate surface area is 167 Å². The third-order valence-electron chi connectivity index (χ3n) is 4.53. The van der Waals surface area contributed by atoms with Crippen molar-refractivity contribution < 1.29 is 17.9 Å². The summed E-state index contributed by atoms with van der Waals surface area (Å²) in [7, 11) is 2.45. The van der Waals surface area contributed by atoms with E-state index in [0.717, 1.165) is 22.0 Å². The highest BCUT2D eigenvalue weighted by Gasteiger charge is 2.21. The highest BCUT2D eigenvalue weighted by atomic mass is 32.2. The Morgan fingerprint density at radius 1 is 1.04 bits per heavy atom. The molecule has 0 spiro atoms. The summed E-state index contributed by atoms with van der Waals surface area (Å²) in [6, 6.07) is 13.9. The average molecular weight is 406 g/mol. The molecule has 7 nitrogen and oxygen atoms in total. The molecule has 1 N–H and O–H groups in total. The molecule has 2 aromatic rings. The Morgan fingerprint density at radius 2 is 1.61 bits per heavy atom. The van der Waals surface area contributed by atoms with Gasteiger partial charge in [0.25, 0.3) is 5.91 Å². The van der Waals surface area contributed by atoms with Crippen LogP contribution in [0.5, 0.6) is 5.75 Å². The largest absolute Gasteiger partial charge is 0.497 e. The molecule has 1 atom stereocenters. The van der Waals surface area contributed by atoms with Crippen LogP contribution in [-0.4, -0.2) is 46.9 Å². The number of hydrogen-bond donors (Lipinski definition) is 1. The Morgan fingerprint density at radius 3 is 2.07 bits per heavy atom. The lowest BCUT2D eigenvalue weighted by molar-refractivity contribution is 0.0935. The van der Waals surface area contributed by atoms with E-state index in [9.17, 15) is 13.2 Å². The molecule has 152 valence electrons. The van der Waals surface area contributed by atoms with E-state index in [1.54, 1.807) is 31.4 Å². The zero-order valence-corrected chi connectivity index (χ0v) is 17.7. The minimum absolute atomic E-state index is 0.130. The second kappa shape index (κ2) is 9.07. The standard InChI is InChI=1S/C20H27N3O4S/c1-6-19(15-9-13-18(27-5)14-10-15)21-20(24)16-7-11-17(12-8-16)23(4)28(25,26)22(2)3/h7-14,19H,6H2,1-5H3,(H,21,24). The summed E-state index contributed by atoms with van der Waals surface area (Å²) < 4.78 is 31.9. The molecular weight excluding hydrogens is 378 g/mol. The number of hydrogen-bond acceptors (Lipinski definition) is 4. The van der Waals surface area contributed by atoms with Gasteiger partial charge in [0.15, 0.2) is 0 Å². The van der Waals surface area contributed by atoms with Gasteiger partial charge in [0.2, 0.25) is 0 Å². The van der Waals surface area contributed by atoms with Gasteiger partial charge in [0, 0.05) is 26.7 Å². The Kier molecular flexibility index (Phi) is 7.04. The second-order valence-corrected chi connectivity index (χ2v) is 8.69. The summed E-state index contributed by atoms with van der Waals surface area (Å²) in [5, 5.41) is 3.01. The van der Waals surface area contributed by atoms with E-state index in [1.807, 2.05) is 31.2 Å². The third-order valence-corrected chi connectivity index (χ3v) is 6.36. The quantitative estimate of drug-likeness (QED) is 0.732. The van der Waals surface area contributed by atoms with Gasteiger partial charge in [-0.05, 0) is 48.4 Å². The van der Waals surface area contributed by atoms with Crippen molar-refractivity contribution in [3.05, 3.63) is 59.7 Å². The molecule has 2 aromatic carbocycles. The highest BCUT2D eigenvalue weighted by molar-refractivity contribution is 7.90. The molecule has 0 fully saturated rings. The first kappa shape index (κ1) is 21.7. The summed E-state index contributed by atoms with van der Waals surface area (Å²) >= 11 is 0. The SMILES string of the molecule is CCC(NC(=O)c1ccc(N(C)S(=O)(=O)N(C)C)cc1)c1ccc(OC)cc1. The summed E-state index contributed by atoms with van der Waals surface area (Å²) in [4.78, 5) is 12.6. The Bertz CT molecular complexity index is 894. The molecule has 0 saturated carbocycles. The van der Waals surface area contributed by atoms with Crippen molar-refractivity contribution in [1.29, 1.82) is 0 Å². The Balaban J connectivity index is 2.13. The number of carbonyl (C=O) groups excluding carboxylic acids is 1.